The van der Waals surface area contributed by atoms with Gasteiger partial charge in [-0.1, -0.05) is 11.3 Å². The number of methoxy groups -OCH3 is 1. The van der Waals surface area contributed by atoms with Crippen LogP contribution in [-0.2, 0) is 9.53 Å². The number of anilines is 1. The first-order valence-corrected chi connectivity index (χ1v) is 5.76. The van der Waals surface area contributed by atoms with E-state index in [9.17, 15) is 4.79 Å². The first-order chi connectivity index (χ1) is 6.70. The molecule has 2 rings (SSSR count). The third kappa shape index (κ3) is 2.13. The van der Waals surface area contributed by atoms with Crippen LogP contribution in [0.3, 0.4) is 0 Å². The van der Waals surface area contributed by atoms with Crippen LogP contribution < -0.4 is 5.32 Å². The minimum absolute atomic E-state index is 0.00120. The maximum absolute atomic E-state index is 11.5. The summed E-state index contributed by atoms with van der Waals surface area (Å²) >= 11 is 4.68. The van der Waals surface area contributed by atoms with E-state index in [2.05, 4.69) is 26.2 Å². The van der Waals surface area contributed by atoms with Crippen molar-refractivity contribution in [3.63, 3.8) is 0 Å². The van der Waals surface area contributed by atoms with Crippen molar-refractivity contribution >= 4 is 38.3 Å². The van der Waals surface area contributed by atoms with Gasteiger partial charge in [0, 0.05) is 7.11 Å². The summed E-state index contributed by atoms with van der Waals surface area (Å²) in [7, 11) is 1.62. The Morgan fingerprint density at radius 3 is 3.14 bits per heavy atom. The van der Waals surface area contributed by atoms with Gasteiger partial charge in [-0.15, -0.1) is 0 Å². The van der Waals surface area contributed by atoms with Crippen molar-refractivity contribution in [3.8, 4) is 0 Å². The molecule has 6 heteroatoms. The number of halogens is 1. The van der Waals surface area contributed by atoms with Crippen LogP contribution in [0.2, 0.25) is 0 Å². The highest BCUT2D eigenvalue weighted by Gasteiger charge is 2.43. The van der Waals surface area contributed by atoms with Gasteiger partial charge in [-0.2, -0.15) is 0 Å². The molecule has 0 aliphatic heterocycles. The number of ether oxygens (including phenoxy) is 1. The number of thiazole rings is 1. The van der Waals surface area contributed by atoms with E-state index in [-0.39, 0.29) is 17.9 Å². The lowest BCUT2D eigenvalue weighted by molar-refractivity contribution is -0.118. The predicted molar refractivity (Wildman–Crippen MR) is 57.3 cm³/mol. The molecule has 1 saturated carbocycles. The Kier molecular flexibility index (Phi) is 2.85. The van der Waals surface area contributed by atoms with Crippen molar-refractivity contribution in [3.05, 3.63) is 9.98 Å². The van der Waals surface area contributed by atoms with Crippen LogP contribution >= 0.6 is 27.3 Å². The van der Waals surface area contributed by atoms with E-state index < -0.39 is 0 Å². The van der Waals surface area contributed by atoms with Crippen LogP contribution in [0.25, 0.3) is 0 Å². The van der Waals surface area contributed by atoms with Gasteiger partial charge in [-0.05, 0) is 22.4 Å². The van der Waals surface area contributed by atoms with Crippen LogP contribution in [0.15, 0.2) is 9.98 Å². The molecule has 1 amide bonds. The second-order valence-electron chi connectivity index (χ2n) is 3.08. The highest BCUT2D eigenvalue weighted by atomic mass is 79.9. The molecule has 76 valence electrons. The molecule has 1 aromatic heterocycles. The van der Waals surface area contributed by atoms with E-state index in [1.54, 1.807) is 13.3 Å². The van der Waals surface area contributed by atoms with E-state index in [0.717, 1.165) is 10.2 Å². The van der Waals surface area contributed by atoms with Crippen LogP contribution in [0, 0.1) is 5.92 Å². The number of amides is 1. The van der Waals surface area contributed by atoms with Gasteiger partial charge in [0.1, 0.15) is 0 Å². The summed E-state index contributed by atoms with van der Waals surface area (Å²) in [5, 5.41) is 3.38. The molecule has 2 unspecified atom stereocenters. The molecular weight excluding hydrogens is 268 g/mol. The number of hydrogen-bond acceptors (Lipinski definition) is 4. The molecule has 1 aliphatic rings. The van der Waals surface area contributed by atoms with Crippen molar-refractivity contribution < 1.29 is 9.53 Å². The Labute approximate surface area is 93.8 Å². The van der Waals surface area contributed by atoms with Gasteiger partial charge in [0.2, 0.25) is 5.91 Å². The second-order valence-corrected chi connectivity index (χ2v) is 5.49. The summed E-state index contributed by atoms with van der Waals surface area (Å²) in [6.45, 7) is 0. The summed E-state index contributed by atoms with van der Waals surface area (Å²) in [5.41, 5.74) is 0. The van der Waals surface area contributed by atoms with Crippen molar-refractivity contribution in [2.24, 2.45) is 5.92 Å². The molecule has 1 aromatic rings. The lowest BCUT2D eigenvalue weighted by Gasteiger charge is -1.99. The minimum atomic E-state index is -0.00120. The molecule has 14 heavy (non-hydrogen) atoms. The first kappa shape index (κ1) is 10.1. The zero-order valence-corrected chi connectivity index (χ0v) is 9.89. The molecule has 0 bridgehead atoms. The summed E-state index contributed by atoms with van der Waals surface area (Å²) < 4.78 is 5.96. The lowest BCUT2D eigenvalue weighted by Crippen LogP contribution is -2.15. The van der Waals surface area contributed by atoms with E-state index in [4.69, 9.17) is 4.74 Å². The molecular formula is C8H9BrN2O2S. The monoisotopic (exact) mass is 276 g/mol. The SMILES string of the molecule is COC1CC1C(=O)Nc1ncc(Br)s1. The zero-order valence-electron chi connectivity index (χ0n) is 7.49. The topological polar surface area (TPSA) is 51.2 Å². The summed E-state index contributed by atoms with van der Waals surface area (Å²) in [4.78, 5) is 15.5. The second kappa shape index (κ2) is 3.96. The number of hydrogen-bond donors (Lipinski definition) is 1. The van der Waals surface area contributed by atoms with Crippen LogP contribution in [0.4, 0.5) is 5.13 Å². The Morgan fingerprint density at radius 1 is 1.86 bits per heavy atom. The smallest absolute Gasteiger partial charge is 0.231 e. The van der Waals surface area contributed by atoms with Gasteiger partial charge >= 0.3 is 0 Å². The Hall–Kier alpha value is -0.460. The van der Waals surface area contributed by atoms with Crippen LogP contribution in [-0.4, -0.2) is 24.1 Å². The molecule has 1 aliphatic carbocycles. The van der Waals surface area contributed by atoms with Crippen molar-refractivity contribution in [1.82, 2.24) is 4.98 Å². The summed E-state index contributed by atoms with van der Waals surface area (Å²) in [6.07, 6.45) is 2.58. The van der Waals surface area contributed by atoms with Crippen molar-refractivity contribution in [2.45, 2.75) is 12.5 Å². The lowest BCUT2D eigenvalue weighted by atomic mass is 10.4. The maximum atomic E-state index is 11.5. The average molecular weight is 277 g/mol. The fourth-order valence-electron chi connectivity index (χ4n) is 1.22. The first-order valence-electron chi connectivity index (χ1n) is 4.15. The van der Waals surface area contributed by atoms with Gasteiger partial charge in [0.15, 0.2) is 5.13 Å². The van der Waals surface area contributed by atoms with E-state index in [1.807, 2.05) is 0 Å². The number of carbonyl (C=O) groups is 1. The Morgan fingerprint density at radius 2 is 2.64 bits per heavy atom. The van der Waals surface area contributed by atoms with Crippen molar-refractivity contribution in [2.75, 3.05) is 12.4 Å². The molecule has 0 radical (unpaired) electrons. The number of rotatable bonds is 3. The van der Waals surface area contributed by atoms with Crippen molar-refractivity contribution in [1.29, 1.82) is 0 Å². The van der Waals surface area contributed by atoms with E-state index in [1.165, 1.54) is 11.3 Å². The molecule has 0 spiro atoms. The number of aromatic nitrogens is 1. The minimum Gasteiger partial charge on any atom is -0.381 e. The van der Waals surface area contributed by atoms with Crippen LogP contribution in [0.5, 0.6) is 0 Å². The van der Waals surface area contributed by atoms with Gasteiger partial charge < -0.3 is 10.1 Å². The molecule has 4 nitrogen and oxygen atoms in total. The summed E-state index contributed by atoms with van der Waals surface area (Å²) in [6, 6.07) is 0. The third-order valence-corrected chi connectivity index (χ3v) is 3.47. The largest absolute Gasteiger partial charge is 0.381 e. The zero-order chi connectivity index (χ0) is 10.1. The van der Waals surface area contributed by atoms with Crippen LogP contribution in [0.1, 0.15) is 6.42 Å². The highest BCUT2D eigenvalue weighted by Crippen LogP contribution is 2.34. The molecule has 1 N–H and O–H groups in total. The normalized spacial score (nSPS) is 24.7. The number of nitrogens with zero attached hydrogens (tertiary/aromatic N) is 1. The third-order valence-electron chi connectivity index (χ3n) is 2.08. The Bertz CT molecular complexity index is 355. The fourth-order valence-corrected chi connectivity index (χ4v) is 2.33. The Balaban J connectivity index is 1.90. The van der Waals surface area contributed by atoms with Gasteiger partial charge in [0.25, 0.3) is 0 Å². The maximum Gasteiger partial charge on any atom is 0.231 e. The van der Waals surface area contributed by atoms with Gasteiger partial charge in [0.05, 0.1) is 22.0 Å². The standard InChI is InChI=1S/C8H9BrN2O2S/c1-13-5-2-4(5)7(12)11-8-10-3-6(9)14-8/h3-5H,2H2,1H3,(H,10,11,12). The molecule has 1 fully saturated rings. The molecule has 1 heterocycles. The molecule has 0 aromatic carbocycles. The predicted octanol–water partition coefficient (Wildman–Crippen LogP) is 1.88. The molecule has 2 atom stereocenters. The molecule has 0 saturated heterocycles. The van der Waals surface area contributed by atoms with Gasteiger partial charge in [-0.25, -0.2) is 4.98 Å². The van der Waals surface area contributed by atoms with Gasteiger partial charge in [-0.3, -0.25) is 4.79 Å². The van der Waals surface area contributed by atoms with E-state index in [0.29, 0.717) is 5.13 Å². The fraction of sp³-hybridized carbons (Fsp3) is 0.500. The summed E-state index contributed by atoms with van der Waals surface area (Å²) in [5.74, 6) is 0.00127. The number of carbonyl (C=O) groups excluding carboxylic acids is 1. The highest BCUT2D eigenvalue weighted by molar-refractivity contribution is 9.11. The van der Waals surface area contributed by atoms with E-state index >= 15 is 0 Å². The quantitative estimate of drug-likeness (QED) is 0.917. The number of nitrogens with one attached hydrogen (secondary N) is 1. The average Bonchev–Trinajstić information content (AvgIpc) is 2.85.